The van der Waals surface area contributed by atoms with Crippen molar-refractivity contribution in [2.24, 2.45) is 5.10 Å². The van der Waals surface area contributed by atoms with Crippen LogP contribution >= 0.6 is 0 Å². The molecule has 1 aliphatic carbocycles. The molecule has 0 radical (unpaired) electrons. The number of amides is 2. The lowest BCUT2D eigenvalue weighted by Gasteiger charge is -2.13. The standard InChI is InChI=1S/C22H27N3O4/c1-14-7-4-8-16(13-14)21(26)25-24-17-9-5-10-18-19(17)15(2)20(29-18)22(27)23-11-6-12-28-3/h4,7-8,13H,5-6,9-12H2,1-3H3,(H,23,27)(H,25,26)/b24-17+. The van der Waals surface area contributed by atoms with Crippen LogP contribution in [0.5, 0.6) is 0 Å². The number of hydrazone groups is 1. The second-order valence-electron chi connectivity index (χ2n) is 7.18. The third-order valence-electron chi connectivity index (χ3n) is 4.92. The van der Waals surface area contributed by atoms with Gasteiger partial charge in [-0.1, -0.05) is 17.7 Å². The summed E-state index contributed by atoms with van der Waals surface area (Å²) in [6.45, 7) is 4.90. The number of fused-ring (bicyclic) bond motifs is 1. The first-order valence-electron chi connectivity index (χ1n) is 9.84. The molecule has 29 heavy (non-hydrogen) atoms. The van der Waals surface area contributed by atoms with Gasteiger partial charge in [0.2, 0.25) is 0 Å². The number of carbonyl (C=O) groups is 2. The molecule has 1 aromatic carbocycles. The first-order valence-corrected chi connectivity index (χ1v) is 9.84. The minimum Gasteiger partial charge on any atom is -0.455 e. The van der Waals surface area contributed by atoms with Crippen molar-refractivity contribution in [1.29, 1.82) is 0 Å². The van der Waals surface area contributed by atoms with Crippen LogP contribution in [-0.4, -0.2) is 37.8 Å². The molecule has 2 amide bonds. The number of benzene rings is 1. The highest BCUT2D eigenvalue weighted by Crippen LogP contribution is 2.29. The van der Waals surface area contributed by atoms with Crippen LogP contribution in [0.3, 0.4) is 0 Å². The monoisotopic (exact) mass is 397 g/mol. The summed E-state index contributed by atoms with van der Waals surface area (Å²) in [7, 11) is 1.63. The molecule has 0 saturated carbocycles. The van der Waals surface area contributed by atoms with Gasteiger partial charge in [-0.05, 0) is 45.2 Å². The Morgan fingerprint density at radius 2 is 2.03 bits per heavy atom. The average molecular weight is 397 g/mol. The van der Waals surface area contributed by atoms with E-state index in [1.54, 1.807) is 13.2 Å². The van der Waals surface area contributed by atoms with Gasteiger partial charge in [0.25, 0.3) is 11.8 Å². The molecule has 0 aliphatic heterocycles. The fourth-order valence-electron chi connectivity index (χ4n) is 3.46. The molecule has 0 fully saturated rings. The van der Waals surface area contributed by atoms with Crippen molar-refractivity contribution in [3.05, 3.63) is 58.0 Å². The molecular weight excluding hydrogens is 370 g/mol. The second kappa shape index (κ2) is 9.52. The number of carbonyl (C=O) groups excluding carboxylic acids is 2. The fraction of sp³-hybridized carbons (Fsp3) is 0.409. The Balaban J connectivity index is 1.76. The van der Waals surface area contributed by atoms with Gasteiger partial charge in [0.05, 0.1) is 5.71 Å². The molecule has 3 rings (SSSR count). The van der Waals surface area contributed by atoms with E-state index >= 15 is 0 Å². The maximum Gasteiger partial charge on any atom is 0.287 e. The van der Waals surface area contributed by atoms with Gasteiger partial charge in [0.15, 0.2) is 5.76 Å². The van der Waals surface area contributed by atoms with Gasteiger partial charge in [-0.15, -0.1) is 0 Å². The van der Waals surface area contributed by atoms with E-state index in [-0.39, 0.29) is 11.8 Å². The van der Waals surface area contributed by atoms with Crippen LogP contribution in [-0.2, 0) is 11.2 Å². The summed E-state index contributed by atoms with van der Waals surface area (Å²) < 4.78 is 10.8. The summed E-state index contributed by atoms with van der Waals surface area (Å²) in [5.41, 5.74) is 6.55. The lowest BCUT2D eigenvalue weighted by molar-refractivity contribution is 0.0916. The molecule has 1 heterocycles. The molecule has 7 heteroatoms. The Morgan fingerprint density at radius 1 is 1.21 bits per heavy atom. The maximum atomic E-state index is 12.5. The lowest BCUT2D eigenvalue weighted by Crippen LogP contribution is -2.25. The minimum atomic E-state index is -0.259. The van der Waals surface area contributed by atoms with Crippen LogP contribution in [0.1, 0.15) is 62.6 Å². The number of nitrogens with zero attached hydrogens (tertiary/aromatic N) is 1. The zero-order chi connectivity index (χ0) is 20.8. The van der Waals surface area contributed by atoms with Crippen LogP contribution < -0.4 is 10.7 Å². The molecule has 0 unspecified atom stereocenters. The van der Waals surface area contributed by atoms with Gasteiger partial charge >= 0.3 is 0 Å². The van der Waals surface area contributed by atoms with Gasteiger partial charge in [-0.25, -0.2) is 5.43 Å². The smallest absolute Gasteiger partial charge is 0.287 e. The van der Waals surface area contributed by atoms with E-state index in [1.165, 1.54) is 0 Å². The maximum absolute atomic E-state index is 12.5. The summed E-state index contributed by atoms with van der Waals surface area (Å²) in [5, 5.41) is 7.21. The summed E-state index contributed by atoms with van der Waals surface area (Å²) in [6.07, 6.45) is 3.06. The number of hydrogen-bond acceptors (Lipinski definition) is 5. The first kappa shape index (κ1) is 20.8. The largest absolute Gasteiger partial charge is 0.455 e. The molecule has 1 aliphatic rings. The molecule has 0 spiro atoms. The molecule has 154 valence electrons. The molecule has 2 N–H and O–H groups in total. The van der Waals surface area contributed by atoms with E-state index in [0.717, 1.165) is 53.8 Å². The minimum absolute atomic E-state index is 0.240. The molecule has 0 saturated heterocycles. The Hall–Kier alpha value is -2.93. The zero-order valence-corrected chi connectivity index (χ0v) is 17.1. The number of aryl methyl sites for hydroxylation is 2. The number of hydrogen-bond donors (Lipinski definition) is 2. The van der Waals surface area contributed by atoms with Crippen molar-refractivity contribution >= 4 is 17.5 Å². The van der Waals surface area contributed by atoms with E-state index in [9.17, 15) is 9.59 Å². The van der Waals surface area contributed by atoms with Crippen LogP contribution in [0.2, 0.25) is 0 Å². The zero-order valence-electron chi connectivity index (χ0n) is 17.1. The predicted molar refractivity (Wildman–Crippen MR) is 110 cm³/mol. The summed E-state index contributed by atoms with van der Waals surface area (Å²) in [5.74, 6) is 0.563. The molecule has 1 aromatic heterocycles. The first-order chi connectivity index (χ1) is 14.0. The van der Waals surface area contributed by atoms with E-state index in [0.29, 0.717) is 24.5 Å². The molecule has 7 nitrogen and oxygen atoms in total. The second-order valence-corrected chi connectivity index (χ2v) is 7.18. The fourth-order valence-corrected chi connectivity index (χ4v) is 3.46. The number of nitrogens with one attached hydrogen (secondary N) is 2. The molecule has 2 aromatic rings. The number of methoxy groups -OCH3 is 1. The van der Waals surface area contributed by atoms with E-state index in [1.807, 2.05) is 32.0 Å². The third-order valence-corrected chi connectivity index (χ3v) is 4.92. The molecule has 0 bridgehead atoms. The lowest BCUT2D eigenvalue weighted by atomic mass is 9.93. The Labute approximate surface area is 170 Å². The van der Waals surface area contributed by atoms with Crippen molar-refractivity contribution < 1.29 is 18.7 Å². The summed E-state index contributed by atoms with van der Waals surface area (Å²) in [6, 6.07) is 7.35. The van der Waals surface area contributed by atoms with Gasteiger partial charge in [0.1, 0.15) is 5.76 Å². The van der Waals surface area contributed by atoms with Crippen molar-refractivity contribution in [2.75, 3.05) is 20.3 Å². The van der Waals surface area contributed by atoms with Crippen molar-refractivity contribution in [2.45, 2.75) is 39.5 Å². The molecular formula is C22H27N3O4. The van der Waals surface area contributed by atoms with Gasteiger partial charge in [0, 0.05) is 43.4 Å². The third kappa shape index (κ3) is 4.92. The topological polar surface area (TPSA) is 92.9 Å². The average Bonchev–Trinajstić information content (AvgIpc) is 3.06. The van der Waals surface area contributed by atoms with Gasteiger partial charge in [-0.2, -0.15) is 5.10 Å². The summed E-state index contributed by atoms with van der Waals surface area (Å²) >= 11 is 0. The normalized spacial score (nSPS) is 14.5. The van der Waals surface area contributed by atoms with Crippen molar-refractivity contribution in [1.82, 2.24) is 10.7 Å². The van der Waals surface area contributed by atoms with E-state index in [4.69, 9.17) is 9.15 Å². The van der Waals surface area contributed by atoms with E-state index in [2.05, 4.69) is 15.8 Å². The van der Waals surface area contributed by atoms with Crippen molar-refractivity contribution in [3.63, 3.8) is 0 Å². The highest BCUT2D eigenvalue weighted by atomic mass is 16.5. The SMILES string of the molecule is COCCCNC(=O)c1oc2c(c1C)/C(=N/NC(=O)c1cccc(C)c1)CCC2. The predicted octanol–water partition coefficient (Wildman–Crippen LogP) is 3.13. The Kier molecular flexibility index (Phi) is 6.82. The van der Waals surface area contributed by atoms with Crippen molar-refractivity contribution in [3.8, 4) is 0 Å². The quantitative estimate of drug-likeness (QED) is 0.554. The van der Waals surface area contributed by atoms with Gasteiger partial charge < -0.3 is 14.5 Å². The van der Waals surface area contributed by atoms with Crippen LogP contribution in [0, 0.1) is 13.8 Å². The highest BCUT2D eigenvalue weighted by Gasteiger charge is 2.28. The number of ether oxygens (including phenoxy) is 1. The van der Waals surface area contributed by atoms with Crippen LogP contribution in [0.25, 0.3) is 0 Å². The Bertz CT molecular complexity index is 930. The summed E-state index contributed by atoms with van der Waals surface area (Å²) in [4.78, 5) is 24.9. The highest BCUT2D eigenvalue weighted by molar-refractivity contribution is 6.07. The number of rotatable bonds is 7. The number of furan rings is 1. The van der Waals surface area contributed by atoms with Crippen LogP contribution in [0.15, 0.2) is 33.8 Å². The van der Waals surface area contributed by atoms with Gasteiger partial charge in [-0.3, -0.25) is 9.59 Å². The Morgan fingerprint density at radius 3 is 2.79 bits per heavy atom. The van der Waals surface area contributed by atoms with E-state index < -0.39 is 0 Å². The molecule has 0 atom stereocenters. The van der Waals surface area contributed by atoms with Crippen LogP contribution in [0.4, 0.5) is 0 Å².